The van der Waals surface area contributed by atoms with Gasteiger partial charge in [0.1, 0.15) is 11.4 Å². The maximum atomic E-state index is 11.4. The van der Waals surface area contributed by atoms with Crippen LogP contribution in [0.3, 0.4) is 0 Å². The van der Waals surface area contributed by atoms with Crippen LogP contribution in [0.2, 0.25) is 5.02 Å². The largest absolute Gasteiger partial charge is 0.505 e. The maximum Gasteiger partial charge on any atom is 0.344 e. The van der Waals surface area contributed by atoms with Crippen molar-refractivity contribution in [2.75, 3.05) is 0 Å². The molecule has 2 rings (SSSR count). The van der Waals surface area contributed by atoms with Gasteiger partial charge in [-0.15, -0.1) is 10.2 Å². The summed E-state index contributed by atoms with van der Waals surface area (Å²) in [5, 5.41) is 36.0. The summed E-state index contributed by atoms with van der Waals surface area (Å²) < 4.78 is 4.87. The van der Waals surface area contributed by atoms with Crippen LogP contribution in [0, 0.1) is 6.92 Å². The summed E-state index contributed by atoms with van der Waals surface area (Å²) in [4.78, 5) is 37.4. The average Bonchev–Trinajstić information content (AvgIpc) is 2.64. The van der Waals surface area contributed by atoms with E-state index in [9.17, 15) is 19.5 Å². The first-order valence-electron chi connectivity index (χ1n) is 7.67. The zero-order chi connectivity index (χ0) is 20.8. The second-order valence-electron chi connectivity index (χ2n) is 5.40. The number of hydrogen-bond donors (Lipinski definition) is 3. The van der Waals surface area contributed by atoms with Crippen LogP contribution in [0.15, 0.2) is 34.5 Å². The fraction of sp³-hybridized carbons (Fsp3) is 0.176. The molecule has 10 nitrogen and oxygen atoms in total. The highest BCUT2D eigenvalue weighted by atomic mass is 35.5. The van der Waals surface area contributed by atoms with Gasteiger partial charge >= 0.3 is 11.9 Å². The lowest BCUT2D eigenvalue weighted by Gasteiger charge is -2.13. The number of carbonyl (C=O) groups is 3. The molecule has 11 heteroatoms. The van der Waals surface area contributed by atoms with E-state index in [0.29, 0.717) is 17.0 Å². The molecule has 3 N–H and O–H groups in total. The van der Waals surface area contributed by atoms with Crippen molar-refractivity contribution in [3.05, 3.63) is 46.1 Å². The Morgan fingerprint density at radius 1 is 1.25 bits per heavy atom. The van der Waals surface area contributed by atoms with Gasteiger partial charge in [-0.3, -0.25) is 4.79 Å². The van der Waals surface area contributed by atoms with Crippen molar-refractivity contribution in [3.8, 4) is 5.75 Å². The number of nitrogens with zero attached hydrogens (tertiary/aromatic N) is 3. The van der Waals surface area contributed by atoms with E-state index in [1.54, 1.807) is 24.3 Å². The molecule has 0 aliphatic heterocycles. The Morgan fingerprint density at radius 3 is 2.46 bits per heavy atom. The van der Waals surface area contributed by atoms with Crippen molar-refractivity contribution in [1.29, 1.82) is 0 Å². The minimum absolute atomic E-state index is 0.0620. The highest BCUT2D eigenvalue weighted by Crippen LogP contribution is 2.32. The SMILES string of the molecule is Cc1nc(N=Nc2ccccc2Cl)c(COC(C(=O)O)C(=O)O)c(C=O)c1O. The van der Waals surface area contributed by atoms with Crippen LogP contribution >= 0.6 is 11.6 Å². The van der Waals surface area contributed by atoms with Crippen molar-refractivity contribution in [2.24, 2.45) is 10.2 Å². The molecule has 0 aliphatic carbocycles. The first-order chi connectivity index (χ1) is 13.3. The zero-order valence-electron chi connectivity index (χ0n) is 14.4. The predicted octanol–water partition coefficient (Wildman–Crippen LogP) is 3.03. The van der Waals surface area contributed by atoms with E-state index in [0.717, 1.165) is 0 Å². The van der Waals surface area contributed by atoms with Gasteiger partial charge < -0.3 is 20.1 Å². The fourth-order valence-electron chi connectivity index (χ4n) is 2.14. The molecule has 0 saturated heterocycles. The number of carboxylic acid groups (broad SMARTS) is 2. The minimum Gasteiger partial charge on any atom is -0.505 e. The molecular weight excluding hydrogens is 394 g/mol. The van der Waals surface area contributed by atoms with Crippen LogP contribution in [0.25, 0.3) is 0 Å². The molecule has 28 heavy (non-hydrogen) atoms. The van der Waals surface area contributed by atoms with Crippen LogP contribution in [-0.4, -0.2) is 44.6 Å². The molecule has 0 fully saturated rings. The standard InChI is InChI=1S/C17H14ClN3O7/c1-8-13(23)9(6-22)10(7-28-14(16(24)25)17(26)27)15(19-8)21-20-12-5-3-2-4-11(12)18/h2-6,14,23H,7H2,1H3,(H,24,25)(H,26,27). The molecule has 1 heterocycles. The number of ether oxygens (including phenoxy) is 1. The third-order valence-electron chi connectivity index (χ3n) is 3.53. The number of pyridine rings is 1. The second-order valence-corrected chi connectivity index (χ2v) is 5.81. The molecule has 2 aromatic rings. The summed E-state index contributed by atoms with van der Waals surface area (Å²) in [5.41, 5.74) is -0.0336. The molecule has 0 unspecified atom stereocenters. The summed E-state index contributed by atoms with van der Waals surface area (Å²) >= 11 is 5.99. The fourth-order valence-corrected chi connectivity index (χ4v) is 2.31. The smallest absolute Gasteiger partial charge is 0.344 e. The molecule has 0 atom stereocenters. The number of aryl methyl sites for hydroxylation is 1. The van der Waals surface area contributed by atoms with Gasteiger partial charge in [-0.25, -0.2) is 14.6 Å². The Hall–Kier alpha value is -3.37. The first kappa shape index (κ1) is 20.9. The molecule has 0 spiro atoms. The molecule has 1 aromatic heterocycles. The molecule has 0 amide bonds. The third-order valence-corrected chi connectivity index (χ3v) is 3.85. The monoisotopic (exact) mass is 407 g/mol. The number of aliphatic carboxylic acids is 2. The van der Waals surface area contributed by atoms with Gasteiger partial charge in [0, 0.05) is 5.56 Å². The summed E-state index contributed by atoms with van der Waals surface area (Å²) in [6, 6.07) is 6.50. The van der Waals surface area contributed by atoms with Crippen LogP contribution in [0.4, 0.5) is 11.5 Å². The zero-order valence-corrected chi connectivity index (χ0v) is 15.1. The number of aromatic nitrogens is 1. The van der Waals surface area contributed by atoms with Gasteiger partial charge in [0.2, 0.25) is 0 Å². The summed E-state index contributed by atoms with van der Waals surface area (Å²) in [6.07, 6.45) is -1.88. The summed E-state index contributed by atoms with van der Waals surface area (Å²) in [6.45, 7) is 0.744. The number of hydrogen-bond acceptors (Lipinski definition) is 8. The highest BCUT2D eigenvalue weighted by Gasteiger charge is 2.28. The van der Waals surface area contributed by atoms with E-state index < -0.39 is 30.4 Å². The van der Waals surface area contributed by atoms with Gasteiger partial charge in [-0.2, -0.15) is 0 Å². The van der Waals surface area contributed by atoms with Crippen molar-refractivity contribution >= 4 is 41.3 Å². The number of aldehydes is 1. The van der Waals surface area contributed by atoms with Crippen LogP contribution < -0.4 is 0 Å². The van der Waals surface area contributed by atoms with E-state index in [1.807, 2.05) is 0 Å². The predicted molar refractivity (Wildman–Crippen MR) is 95.5 cm³/mol. The van der Waals surface area contributed by atoms with Gasteiger partial charge in [-0.05, 0) is 19.1 Å². The normalized spacial score (nSPS) is 11.1. The lowest BCUT2D eigenvalue weighted by atomic mass is 10.1. The Morgan fingerprint density at radius 2 is 1.89 bits per heavy atom. The van der Waals surface area contributed by atoms with Crippen molar-refractivity contribution in [1.82, 2.24) is 4.98 Å². The number of halogens is 1. The molecule has 0 bridgehead atoms. The number of carbonyl (C=O) groups excluding carboxylic acids is 1. The lowest BCUT2D eigenvalue weighted by molar-refractivity contribution is -0.166. The quantitative estimate of drug-likeness (QED) is 0.342. The van der Waals surface area contributed by atoms with Crippen molar-refractivity contribution in [3.63, 3.8) is 0 Å². The Balaban J connectivity index is 2.48. The maximum absolute atomic E-state index is 11.4. The Labute approximate surface area is 163 Å². The van der Waals surface area contributed by atoms with Gasteiger partial charge in [-0.1, -0.05) is 23.7 Å². The van der Waals surface area contributed by atoms with E-state index in [2.05, 4.69) is 15.2 Å². The third kappa shape index (κ3) is 4.67. The molecular formula is C17H14ClN3O7. The topological polar surface area (TPSA) is 159 Å². The Kier molecular flexibility index (Phi) is 6.74. The number of aromatic hydroxyl groups is 1. The van der Waals surface area contributed by atoms with Crippen LogP contribution in [-0.2, 0) is 20.9 Å². The number of azo groups is 1. The number of rotatable bonds is 8. The minimum atomic E-state index is -2.18. The van der Waals surface area contributed by atoms with Crippen molar-refractivity contribution < 1.29 is 34.4 Å². The molecule has 0 radical (unpaired) electrons. The average molecular weight is 408 g/mol. The van der Waals surface area contributed by atoms with Gasteiger partial charge in [0.05, 0.1) is 22.9 Å². The second kappa shape index (κ2) is 9.02. The van der Waals surface area contributed by atoms with E-state index in [1.165, 1.54) is 6.92 Å². The van der Waals surface area contributed by atoms with Gasteiger partial charge in [0.25, 0.3) is 6.10 Å². The van der Waals surface area contributed by atoms with Crippen molar-refractivity contribution in [2.45, 2.75) is 19.6 Å². The highest BCUT2D eigenvalue weighted by molar-refractivity contribution is 6.32. The molecule has 146 valence electrons. The summed E-state index contributed by atoms with van der Waals surface area (Å²) in [7, 11) is 0. The van der Waals surface area contributed by atoms with Crippen LogP contribution in [0.5, 0.6) is 5.75 Å². The summed E-state index contributed by atoms with van der Waals surface area (Å²) in [5.74, 6) is -4.09. The van der Waals surface area contributed by atoms with E-state index in [-0.39, 0.29) is 22.6 Å². The lowest BCUT2D eigenvalue weighted by Crippen LogP contribution is -2.32. The number of carboxylic acids is 2. The van der Waals surface area contributed by atoms with Gasteiger partial charge in [0.15, 0.2) is 12.1 Å². The first-order valence-corrected chi connectivity index (χ1v) is 8.05. The molecule has 0 aliphatic rings. The Bertz CT molecular complexity index is 948. The molecule has 1 aromatic carbocycles. The number of benzene rings is 1. The molecule has 0 saturated carbocycles. The van der Waals surface area contributed by atoms with E-state index >= 15 is 0 Å². The van der Waals surface area contributed by atoms with Crippen LogP contribution in [0.1, 0.15) is 21.6 Å². The van der Waals surface area contributed by atoms with E-state index in [4.69, 9.17) is 26.6 Å².